The average molecular weight is 486 g/mol. The molecule has 2 saturated heterocycles. The van der Waals surface area contributed by atoms with Crippen LogP contribution >= 0.6 is 34.0 Å². The summed E-state index contributed by atoms with van der Waals surface area (Å²) in [4.78, 5) is 22.6. The van der Waals surface area contributed by atoms with Crippen LogP contribution in [0.5, 0.6) is 0 Å². The first kappa shape index (κ1) is 22.1. The summed E-state index contributed by atoms with van der Waals surface area (Å²) in [6.07, 6.45) is 2.16. The Morgan fingerprint density at radius 2 is 1.91 bits per heavy atom. The number of pyridine rings is 1. The Labute approximate surface area is 201 Å². The van der Waals surface area contributed by atoms with Crippen LogP contribution in [-0.2, 0) is 17.9 Å². The number of rotatable bonds is 4. The maximum atomic E-state index is 13.5. The molecule has 8 heteroatoms. The number of aromatic nitrogens is 1. The zero-order chi connectivity index (χ0) is 22.2. The van der Waals surface area contributed by atoms with Crippen LogP contribution in [0.25, 0.3) is 0 Å². The molecule has 168 valence electrons. The summed E-state index contributed by atoms with van der Waals surface area (Å²) in [7, 11) is 1.88. The number of hydrogen-bond acceptors (Lipinski definition) is 4. The third-order valence-electron chi connectivity index (χ3n) is 6.11. The Balaban J connectivity index is 1.58. The number of carbonyl (C=O) groups excluding carboxylic acids is 1. The van der Waals surface area contributed by atoms with Crippen molar-refractivity contribution in [2.45, 2.75) is 31.8 Å². The Kier molecular flexibility index (Phi) is 6.38. The van der Waals surface area contributed by atoms with Crippen molar-refractivity contribution in [3.8, 4) is 0 Å². The van der Waals surface area contributed by atoms with Gasteiger partial charge in [-0.05, 0) is 26.0 Å². The lowest BCUT2D eigenvalue weighted by atomic mass is 10.3. The Morgan fingerprint density at radius 3 is 2.69 bits per heavy atom. The highest BCUT2D eigenvalue weighted by Gasteiger charge is 2.39. The number of aryl methyl sites for hydroxylation is 1. The van der Waals surface area contributed by atoms with E-state index in [9.17, 15) is 4.79 Å². The van der Waals surface area contributed by atoms with Gasteiger partial charge >= 0.3 is 0 Å². The van der Waals surface area contributed by atoms with E-state index in [0.29, 0.717) is 0 Å². The van der Waals surface area contributed by atoms with Gasteiger partial charge in [-0.3, -0.25) is 9.69 Å². The van der Waals surface area contributed by atoms with Crippen molar-refractivity contribution < 1.29 is 9.36 Å². The van der Waals surface area contributed by atoms with E-state index in [1.807, 2.05) is 16.7 Å². The molecule has 2 aromatic rings. The normalized spacial score (nSPS) is 24.7. The predicted octanol–water partition coefficient (Wildman–Crippen LogP) is 4.13. The van der Waals surface area contributed by atoms with Crippen LogP contribution in [0.2, 0.25) is 0 Å². The summed E-state index contributed by atoms with van der Waals surface area (Å²) in [6, 6.07) is 14.9. The number of benzene rings is 1. The summed E-state index contributed by atoms with van der Waals surface area (Å²) >= 11 is 3.70. The SMILES string of the molecule is CCN1CS(=C2SCCN2Cc2cccc[n+]2CC)C(=C2Sc3ccccc3N2C)C1=O. The molecule has 32 heavy (non-hydrogen) atoms. The molecule has 1 atom stereocenters. The second-order valence-corrected chi connectivity index (χ2v) is 12.2. The summed E-state index contributed by atoms with van der Waals surface area (Å²) in [5, 5.41) is 1.11. The van der Waals surface area contributed by atoms with Gasteiger partial charge in [0, 0.05) is 42.9 Å². The lowest BCUT2D eigenvalue weighted by Gasteiger charge is -2.20. The van der Waals surface area contributed by atoms with Crippen LogP contribution in [0.15, 0.2) is 63.5 Å². The second kappa shape index (κ2) is 9.25. The predicted molar refractivity (Wildman–Crippen MR) is 138 cm³/mol. The molecule has 0 aliphatic carbocycles. The second-order valence-electron chi connectivity index (χ2n) is 7.96. The topological polar surface area (TPSA) is 30.7 Å². The molecule has 3 aliphatic rings. The third kappa shape index (κ3) is 3.81. The summed E-state index contributed by atoms with van der Waals surface area (Å²) in [5.74, 6) is 2.10. The van der Waals surface area contributed by atoms with Crippen LogP contribution in [0.4, 0.5) is 5.69 Å². The first-order chi connectivity index (χ1) is 15.6. The maximum Gasteiger partial charge on any atom is 0.263 e. The number of anilines is 1. The number of likely N-dealkylation sites (N-methyl/N-ethyl adjacent to an activating group) is 1. The van der Waals surface area contributed by atoms with Gasteiger partial charge in [0.1, 0.15) is 11.4 Å². The number of para-hydroxylation sites is 1. The van der Waals surface area contributed by atoms with E-state index >= 15 is 0 Å². The Morgan fingerprint density at radius 1 is 1.09 bits per heavy atom. The molecule has 0 bridgehead atoms. The lowest BCUT2D eigenvalue weighted by Crippen LogP contribution is -2.40. The van der Waals surface area contributed by atoms with E-state index in [4.69, 9.17) is 0 Å². The fourth-order valence-corrected chi connectivity index (χ4v) is 10.1. The van der Waals surface area contributed by atoms with Gasteiger partial charge in [0.15, 0.2) is 11.9 Å². The smallest absolute Gasteiger partial charge is 0.263 e. The fourth-order valence-electron chi connectivity index (χ4n) is 4.36. The number of carbonyl (C=O) groups is 1. The van der Waals surface area contributed by atoms with E-state index in [1.165, 1.54) is 20.6 Å². The highest BCUT2D eigenvalue weighted by atomic mass is 32.2. The molecule has 1 amide bonds. The minimum absolute atomic E-state index is 0.210. The van der Waals surface area contributed by atoms with Gasteiger partial charge < -0.3 is 9.80 Å². The molecule has 1 unspecified atom stereocenters. The van der Waals surface area contributed by atoms with Crippen LogP contribution in [0, 0.1) is 0 Å². The molecule has 1 aromatic carbocycles. The molecule has 0 N–H and O–H groups in total. The van der Waals surface area contributed by atoms with Crippen molar-refractivity contribution in [2.75, 3.05) is 36.7 Å². The Hall–Kier alpha value is -1.74. The Bertz CT molecular complexity index is 1130. The van der Waals surface area contributed by atoms with Crippen molar-refractivity contribution in [3.05, 3.63) is 64.3 Å². The summed E-state index contributed by atoms with van der Waals surface area (Å²) in [5.41, 5.74) is 2.52. The first-order valence-electron chi connectivity index (χ1n) is 11.1. The highest BCUT2D eigenvalue weighted by Crippen LogP contribution is 2.52. The van der Waals surface area contributed by atoms with E-state index in [0.717, 1.165) is 47.7 Å². The highest BCUT2D eigenvalue weighted by molar-refractivity contribution is 8.36. The number of hydrogen-bond donors (Lipinski definition) is 0. The van der Waals surface area contributed by atoms with E-state index in [1.54, 1.807) is 11.8 Å². The molecule has 3 aliphatic heterocycles. The maximum absolute atomic E-state index is 13.5. The van der Waals surface area contributed by atoms with Crippen molar-refractivity contribution in [1.29, 1.82) is 0 Å². The van der Waals surface area contributed by atoms with Crippen LogP contribution in [0.3, 0.4) is 0 Å². The monoisotopic (exact) mass is 485 g/mol. The zero-order valence-electron chi connectivity index (χ0n) is 18.8. The van der Waals surface area contributed by atoms with Gasteiger partial charge in [0.05, 0.1) is 27.5 Å². The molecule has 5 nitrogen and oxygen atoms in total. The van der Waals surface area contributed by atoms with Crippen LogP contribution in [0.1, 0.15) is 19.5 Å². The summed E-state index contributed by atoms with van der Waals surface area (Å²) in [6.45, 7) is 7.94. The fraction of sp³-hybridized carbons (Fsp3) is 0.375. The van der Waals surface area contributed by atoms with Crippen molar-refractivity contribution in [3.63, 3.8) is 0 Å². The van der Waals surface area contributed by atoms with Crippen molar-refractivity contribution in [1.82, 2.24) is 9.80 Å². The standard InChI is InChI=1S/C24H29N4OS3/c1-4-26-13-9-8-10-18(26)16-28-14-15-30-24(28)32-17-27(5-2)22(29)21(32)23-25(3)19-11-6-7-12-20(19)31-23/h6-13H,4-5,14-17H2,1-3H3/q+1. The molecule has 0 spiro atoms. The molecular weight excluding hydrogens is 456 g/mol. The molecular formula is C24H29N4OS3+. The number of amides is 1. The van der Waals surface area contributed by atoms with Gasteiger partial charge in [0.25, 0.3) is 5.91 Å². The van der Waals surface area contributed by atoms with Gasteiger partial charge in [-0.1, -0.05) is 30.0 Å². The average Bonchev–Trinajstić information content (AvgIpc) is 3.50. The molecule has 5 rings (SSSR count). The lowest BCUT2D eigenvalue weighted by molar-refractivity contribution is -0.701. The van der Waals surface area contributed by atoms with Gasteiger partial charge in [0.2, 0.25) is 0 Å². The number of thioether (sulfide) groups is 2. The van der Waals surface area contributed by atoms with Crippen molar-refractivity contribution in [2.24, 2.45) is 0 Å². The van der Waals surface area contributed by atoms with E-state index < -0.39 is 0 Å². The van der Waals surface area contributed by atoms with E-state index in [2.05, 4.69) is 83.9 Å². The third-order valence-corrected chi connectivity index (χ3v) is 11.4. The molecule has 4 heterocycles. The van der Waals surface area contributed by atoms with Gasteiger partial charge in [-0.25, -0.2) is 4.57 Å². The first-order valence-corrected chi connectivity index (χ1v) is 14.3. The van der Waals surface area contributed by atoms with Crippen LogP contribution < -0.4 is 9.47 Å². The van der Waals surface area contributed by atoms with Crippen molar-refractivity contribution >= 4 is 49.9 Å². The largest absolute Gasteiger partial charge is 0.337 e. The minimum atomic E-state index is -0.222. The molecule has 1 aromatic heterocycles. The molecule has 0 saturated carbocycles. The number of nitrogens with zero attached hydrogens (tertiary/aromatic N) is 4. The minimum Gasteiger partial charge on any atom is -0.337 e. The summed E-state index contributed by atoms with van der Waals surface area (Å²) < 4.78 is 3.70. The van der Waals surface area contributed by atoms with Gasteiger partial charge in [-0.2, -0.15) is 0 Å². The molecule has 0 radical (unpaired) electrons. The zero-order valence-corrected chi connectivity index (χ0v) is 21.2. The quantitative estimate of drug-likeness (QED) is 0.369. The van der Waals surface area contributed by atoms with E-state index in [-0.39, 0.29) is 16.4 Å². The molecule has 2 fully saturated rings. The number of fused-ring (bicyclic) bond motifs is 1. The van der Waals surface area contributed by atoms with Gasteiger partial charge in [-0.15, -0.1) is 22.2 Å². The van der Waals surface area contributed by atoms with Crippen LogP contribution in [-0.4, -0.2) is 51.8 Å².